The number of nitrogens with two attached hydrogens (primary N) is 1. The van der Waals surface area contributed by atoms with Gasteiger partial charge in [0.1, 0.15) is 0 Å². The minimum absolute atomic E-state index is 0.0147. The maximum atomic E-state index is 11.9. The first-order chi connectivity index (χ1) is 9.00. The van der Waals surface area contributed by atoms with E-state index in [9.17, 15) is 13.2 Å². The summed E-state index contributed by atoms with van der Waals surface area (Å²) in [5.41, 5.74) is 0.474. The Morgan fingerprint density at radius 3 is 2.45 bits per heavy atom. The first kappa shape index (κ1) is 16.7. The van der Waals surface area contributed by atoms with Crippen LogP contribution >= 0.6 is 0 Å². The third-order valence-corrected chi connectivity index (χ3v) is 4.33. The van der Waals surface area contributed by atoms with E-state index in [1.807, 2.05) is 6.92 Å². The van der Waals surface area contributed by atoms with E-state index in [2.05, 4.69) is 26.1 Å². The van der Waals surface area contributed by atoms with E-state index in [0.29, 0.717) is 12.1 Å². The molecule has 112 valence electrons. The molecule has 0 aliphatic carbocycles. The molecule has 0 radical (unpaired) electrons. The van der Waals surface area contributed by atoms with Gasteiger partial charge in [-0.25, -0.2) is 13.6 Å². The largest absolute Gasteiger partial charge is 0.326 e. The van der Waals surface area contributed by atoms with Gasteiger partial charge in [-0.3, -0.25) is 4.79 Å². The van der Waals surface area contributed by atoms with Gasteiger partial charge in [0.05, 0.1) is 4.90 Å². The molecule has 0 aliphatic heterocycles. The highest BCUT2D eigenvalue weighted by Crippen LogP contribution is 2.28. The zero-order valence-electron chi connectivity index (χ0n) is 12.3. The molecule has 1 atom stereocenters. The Balaban J connectivity index is 2.77. The average molecular weight is 298 g/mol. The minimum Gasteiger partial charge on any atom is -0.326 e. The maximum Gasteiger partial charge on any atom is 0.238 e. The van der Waals surface area contributed by atoms with Gasteiger partial charge in [0.2, 0.25) is 15.9 Å². The molecule has 1 amide bonds. The highest BCUT2D eigenvalue weighted by Gasteiger charge is 2.22. The second kappa shape index (κ2) is 5.93. The zero-order valence-corrected chi connectivity index (χ0v) is 13.1. The molecular formula is C14H22N2O3S. The fourth-order valence-corrected chi connectivity index (χ4v) is 2.11. The van der Waals surface area contributed by atoms with Crippen molar-refractivity contribution in [3.63, 3.8) is 0 Å². The number of hydrogen-bond donors (Lipinski definition) is 2. The summed E-state index contributed by atoms with van der Waals surface area (Å²) in [6.45, 7) is 8.24. The Hall–Kier alpha value is -1.40. The molecule has 0 spiro atoms. The first-order valence-electron chi connectivity index (χ1n) is 6.43. The van der Waals surface area contributed by atoms with Crippen molar-refractivity contribution in [2.75, 3.05) is 5.32 Å². The molecular weight excluding hydrogens is 276 g/mol. The molecule has 0 aromatic heterocycles. The highest BCUT2D eigenvalue weighted by atomic mass is 32.2. The average Bonchev–Trinajstić information content (AvgIpc) is 2.26. The van der Waals surface area contributed by atoms with Crippen molar-refractivity contribution < 1.29 is 13.2 Å². The number of nitrogens with one attached hydrogen (secondary N) is 1. The van der Waals surface area contributed by atoms with Crippen LogP contribution in [0.15, 0.2) is 29.2 Å². The molecule has 0 saturated heterocycles. The molecule has 0 heterocycles. The van der Waals surface area contributed by atoms with E-state index < -0.39 is 10.0 Å². The fraction of sp³-hybridized carbons (Fsp3) is 0.500. The summed E-state index contributed by atoms with van der Waals surface area (Å²) in [6.07, 6.45) is 0.378. The molecule has 6 heteroatoms. The number of anilines is 1. The lowest BCUT2D eigenvalue weighted by Gasteiger charge is -2.26. The van der Waals surface area contributed by atoms with Gasteiger partial charge >= 0.3 is 0 Å². The molecule has 1 aromatic carbocycles. The molecule has 1 aromatic rings. The number of hydrogen-bond acceptors (Lipinski definition) is 3. The Morgan fingerprint density at radius 2 is 1.95 bits per heavy atom. The smallest absolute Gasteiger partial charge is 0.238 e. The van der Waals surface area contributed by atoms with E-state index in [1.54, 1.807) is 12.1 Å². The SMILES string of the molecule is CC(CC(=O)Nc1cccc(S(N)(=O)=O)c1)C(C)(C)C. The van der Waals surface area contributed by atoms with Crippen LogP contribution in [0.3, 0.4) is 0 Å². The summed E-state index contributed by atoms with van der Waals surface area (Å²) in [5, 5.41) is 7.75. The summed E-state index contributed by atoms with van der Waals surface area (Å²) in [5.74, 6) is 0.0721. The van der Waals surface area contributed by atoms with Crippen molar-refractivity contribution in [1.29, 1.82) is 0 Å². The number of benzene rings is 1. The Morgan fingerprint density at radius 1 is 1.35 bits per heavy atom. The quantitative estimate of drug-likeness (QED) is 0.894. The highest BCUT2D eigenvalue weighted by molar-refractivity contribution is 7.89. The van der Waals surface area contributed by atoms with Gasteiger partial charge in [0.25, 0.3) is 0 Å². The predicted octanol–water partition coefficient (Wildman–Crippen LogP) is 2.34. The second-order valence-corrected chi connectivity index (χ2v) is 7.65. The number of carbonyl (C=O) groups excluding carboxylic acids is 1. The van der Waals surface area contributed by atoms with E-state index >= 15 is 0 Å². The monoisotopic (exact) mass is 298 g/mol. The van der Waals surface area contributed by atoms with E-state index in [0.717, 1.165) is 0 Å². The molecule has 5 nitrogen and oxygen atoms in total. The van der Waals surface area contributed by atoms with Gasteiger partial charge in [-0.05, 0) is 29.5 Å². The number of carbonyl (C=O) groups is 1. The Bertz CT molecular complexity index is 589. The zero-order chi connectivity index (χ0) is 15.6. The van der Waals surface area contributed by atoms with Gasteiger partial charge < -0.3 is 5.32 Å². The molecule has 1 rings (SSSR count). The van der Waals surface area contributed by atoms with Crippen molar-refractivity contribution in [2.45, 2.75) is 39.0 Å². The summed E-state index contributed by atoms with van der Waals surface area (Å²) >= 11 is 0. The van der Waals surface area contributed by atoms with Crippen LogP contribution in [-0.4, -0.2) is 14.3 Å². The lowest BCUT2D eigenvalue weighted by Crippen LogP contribution is -2.24. The van der Waals surface area contributed by atoms with Gasteiger partial charge in [-0.2, -0.15) is 0 Å². The van der Waals surface area contributed by atoms with Crippen molar-refractivity contribution >= 4 is 21.6 Å². The van der Waals surface area contributed by atoms with Crippen LogP contribution in [0.4, 0.5) is 5.69 Å². The van der Waals surface area contributed by atoms with Crippen molar-refractivity contribution in [3.05, 3.63) is 24.3 Å². The van der Waals surface area contributed by atoms with E-state index in [4.69, 9.17) is 5.14 Å². The van der Waals surface area contributed by atoms with Crippen molar-refractivity contribution in [2.24, 2.45) is 16.5 Å². The Kier molecular flexibility index (Phi) is 4.94. The summed E-state index contributed by atoms with van der Waals surface area (Å²) in [7, 11) is -3.76. The van der Waals surface area contributed by atoms with Crippen LogP contribution in [0.2, 0.25) is 0 Å². The first-order valence-corrected chi connectivity index (χ1v) is 7.97. The Labute approximate surface area is 120 Å². The van der Waals surface area contributed by atoms with Crippen LogP contribution in [0.5, 0.6) is 0 Å². The van der Waals surface area contributed by atoms with Crippen LogP contribution in [-0.2, 0) is 14.8 Å². The number of amides is 1. The van der Waals surface area contributed by atoms with Crippen LogP contribution < -0.4 is 10.5 Å². The topological polar surface area (TPSA) is 89.3 Å². The predicted molar refractivity (Wildman–Crippen MR) is 79.7 cm³/mol. The summed E-state index contributed by atoms with van der Waals surface area (Å²) in [4.78, 5) is 11.9. The van der Waals surface area contributed by atoms with E-state index in [1.165, 1.54) is 12.1 Å². The van der Waals surface area contributed by atoms with Crippen LogP contribution in [0, 0.1) is 11.3 Å². The fourth-order valence-electron chi connectivity index (χ4n) is 1.55. The number of sulfonamides is 1. The molecule has 1 unspecified atom stereocenters. The lowest BCUT2D eigenvalue weighted by atomic mass is 9.80. The van der Waals surface area contributed by atoms with Crippen molar-refractivity contribution in [3.8, 4) is 0 Å². The minimum atomic E-state index is -3.76. The van der Waals surface area contributed by atoms with Crippen molar-refractivity contribution in [1.82, 2.24) is 0 Å². The lowest BCUT2D eigenvalue weighted by molar-refractivity contribution is -0.117. The molecule has 20 heavy (non-hydrogen) atoms. The van der Waals surface area contributed by atoms with Gasteiger partial charge in [0, 0.05) is 12.1 Å². The van der Waals surface area contributed by atoms with E-state index in [-0.39, 0.29) is 22.1 Å². The normalized spacial score (nSPS) is 13.8. The standard InChI is InChI=1S/C14H22N2O3S/c1-10(14(2,3)4)8-13(17)16-11-6-5-7-12(9-11)20(15,18)19/h5-7,9-10H,8H2,1-4H3,(H,16,17)(H2,15,18,19). The molecule has 0 aliphatic rings. The molecule has 3 N–H and O–H groups in total. The molecule has 0 fully saturated rings. The third kappa shape index (κ3) is 4.94. The van der Waals surface area contributed by atoms with Gasteiger partial charge in [-0.1, -0.05) is 33.8 Å². The van der Waals surface area contributed by atoms with Crippen LogP contribution in [0.1, 0.15) is 34.1 Å². The maximum absolute atomic E-state index is 11.9. The number of rotatable bonds is 4. The summed E-state index contributed by atoms with van der Waals surface area (Å²) < 4.78 is 22.5. The van der Waals surface area contributed by atoms with Gasteiger partial charge in [0.15, 0.2) is 0 Å². The van der Waals surface area contributed by atoms with Gasteiger partial charge in [-0.15, -0.1) is 0 Å². The van der Waals surface area contributed by atoms with Crippen LogP contribution in [0.25, 0.3) is 0 Å². The molecule has 0 bridgehead atoms. The third-order valence-electron chi connectivity index (χ3n) is 3.42. The second-order valence-electron chi connectivity index (χ2n) is 6.09. The number of primary sulfonamides is 1. The summed E-state index contributed by atoms with van der Waals surface area (Å²) in [6, 6.07) is 5.93. The molecule has 0 saturated carbocycles.